The molecule has 1 aliphatic heterocycles. The highest BCUT2D eigenvalue weighted by Gasteiger charge is 2.39. The Labute approximate surface area is 123 Å². The van der Waals surface area contributed by atoms with Crippen LogP contribution in [0, 0.1) is 0 Å². The van der Waals surface area contributed by atoms with Gasteiger partial charge in [0.2, 0.25) is 23.1 Å². The maximum atomic E-state index is 12.0. The summed E-state index contributed by atoms with van der Waals surface area (Å²) in [5, 5.41) is 6.04. The van der Waals surface area contributed by atoms with Crippen molar-refractivity contribution in [2.45, 2.75) is 32.7 Å². The van der Waals surface area contributed by atoms with Crippen LogP contribution in [0.15, 0.2) is 0 Å². The highest BCUT2D eigenvalue weighted by molar-refractivity contribution is 6.28. The number of anilines is 2. The largest absolute Gasteiger partial charge is 0.354 e. The van der Waals surface area contributed by atoms with Crippen molar-refractivity contribution in [3.05, 3.63) is 5.28 Å². The van der Waals surface area contributed by atoms with E-state index in [4.69, 9.17) is 11.6 Å². The number of rotatable bonds is 4. The summed E-state index contributed by atoms with van der Waals surface area (Å²) in [4.78, 5) is 26.3. The minimum atomic E-state index is -0.717. The molecule has 1 aromatic rings. The third-order valence-corrected chi connectivity index (χ3v) is 3.39. The molecule has 0 spiro atoms. The maximum absolute atomic E-state index is 12.0. The molecule has 20 heavy (non-hydrogen) atoms. The van der Waals surface area contributed by atoms with Crippen LogP contribution >= 0.6 is 11.6 Å². The highest BCUT2D eigenvalue weighted by atomic mass is 35.5. The Hall–Kier alpha value is -1.63. The number of nitrogens with zero attached hydrogens (tertiary/aromatic N) is 4. The summed E-state index contributed by atoms with van der Waals surface area (Å²) in [7, 11) is 0. The molecular formula is C12H19ClN6O. The van der Waals surface area contributed by atoms with Gasteiger partial charge in [0.25, 0.3) is 0 Å². The molecule has 0 atom stereocenters. The first-order valence-electron chi connectivity index (χ1n) is 6.66. The van der Waals surface area contributed by atoms with E-state index >= 15 is 0 Å². The smallest absolute Gasteiger partial charge is 0.245 e. The number of aromatic nitrogens is 3. The van der Waals surface area contributed by atoms with Crippen LogP contribution in [-0.2, 0) is 4.79 Å². The van der Waals surface area contributed by atoms with Gasteiger partial charge in [-0.2, -0.15) is 15.0 Å². The first-order chi connectivity index (χ1) is 9.45. The molecule has 0 unspecified atom stereocenters. The molecule has 1 aromatic heterocycles. The Bertz CT molecular complexity index is 507. The van der Waals surface area contributed by atoms with Gasteiger partial charge in [-0.1, -0.05) is 6.92 Å². The van der Waals surface area contributed by atoms with E-state index in [0.717, 1.165) is 13.0 Å². The second kappa shape index (κ2) is 5.78. The Morgan fingerprint density at radius 1 is 1.40 bits per heavy atom. The van der Waals surface area contributed by atoms with Crippen molar-refractivity contribution in [2.75, 3.05) is 29.9 Å². The second-order valence-electron chi connectivity index (χ2n) is 5.12. The number of hydrogen-bond donors (Lipinski definition) is 2. The molecule has 7 nitrogen and oxygen atoms in total. The average molecular weight is 299 g/mol. The Kier molecular flexibility index (Phi) is 4.27. The van der Waals surface area contributed by atoms with Crippen molar-refractivity contribution in [1.82, 2.24) is 20.3 Å². The Balaban J connectivity index is 2.31. The molecule has 110 valence electrons. The molecule has 2 N–H and O–H groups in total. The summed E-state index contributed by atoms with van der Waals surface area (Å²) < 4.78 is 0. The van der Waals surface area contributed by atoms with Gasteiger partial charge in [-0.3, -0.25) is 4.79 Å². The van der Waals surface area contributed by atoms with Crippen LogP contribution in [0.5, 0.6) is 0 Å². The van der Waals surface area contributed by atoms with E-state index in [-0.39, 0.29) is 11.2 Å². The minimum Gasteiger partial charge on any atom is -0.354 e. The molecule has 1 fully saturated rings. The molecule has 0 bridgehead atoms. The third-order valence-electron chi connectivity index (χ3n) is 3.22. The molecule has 0 saturated carbocycles. The zero-order valence-corrected chi connectivity index (χ0v) is 12.7. The van der Waals surface area contributed by atoms with Gasteiger partial charge in [0.15, 0.2) is 0 Å². The summed E-state index contributed by atoms with van der Waals surface area (Å²) in [5.41, 5.74) is -0.717. The lowest BCUT2D eigenvalue weighted by Gasteiger charge is -2.41. The molecule has 2 rings (SSSR count). The molecule has 0 aliphatic carbocycles. The lowest BCUT2D eigenvalue weighted by Crippen LogP contribution is -2.62. The number of piperazine rings is 1. The third kappa shape index (κ3) is 2.92. The Morgan fingerprint density at radius 2 is 2.15 bits per heavy atom. The highest BCUT2D eigenvalue weighted by Crippen LogP contribution is 2.24. The van der Waals surface area contributed by atoms with Crippen LogP contribution in [0.1, 0.15) is 27.2 Å². The van der Waals surface area contributed by atoms with Crippen LogP contribution in [0.4, 0.5) is 11.9 Å². The minimum absolute atomic E-state index is 0.0525. The monoisotopic (exact) mass is 298 g/mol. The van der Waals surface area contributed by atoms with Crippen molar-refractivity contribution in [1.29, 1.82) is 0 Å². The number of hydrogen-bond acceptors (Lipinski definition) is 6. The fraction of sp³-hybridized carbons (Fsp3) is 0.667. The van der Waals surface area contributed by atoms with Gasteiger partial charge in [-0.15, -0.1) is 0 Å². The van der Waals surface area contributed by atoms with Crippen molar-refractivity contribution in [3.63, 3.8) is 0 Å². The second-order valence-corrected chi connectivity index (χ2v) is 5.46. The van der Waals surface area contributed by atoms with Crippen molar-refractivity contribution in [2.24, 2.45) is 0 Å². The van der Waals surface area contributed by atoms with Gasteiger partial charge < -0.3 is 15.5 Å². The number of halogens is 1. The SMILES string of the molecule is CCCNc1nc(Cl)nc(N2CCNC(=O)C2(C)C)n1. The van der Waals surface area contributed by atoms with Gasteiger partial charge in [0, 0.05) is 19.6 Å². The van der Waals surface area contributed by atoms with E-state index in [9.17, 15) is 4.79 Å². The molecule has 1 amide bonds. The van der Waals surface area contributed by atoms with Crippen LogP contribution in [-0.4, -0.2) is 46.0 Å². The van der Waals surface area contributed by atoms with Crippen molar-refractivity contribution >= 4 is 29.4 Å². The summed E-state index contributed by atoms with van der Waals surface area (Å²) in [6, 6.07) is 0. The number of carbonyl (C=O) groups is 1. The molecule has 0 aromatic carbocycles. The average Bonchev–Trinajstić information content (AvgIpc) is 2.39. The molecule has 0 radical (unpaired) electrons. The van der Waals surface area contributed by atoms with E-state index in [0.29, 0.717) is 25.0 Å². The predicted octanol–water partition coefficient (Wildman–Crippen LogP) is 1.06. The fourth-order valence-electron chi connectivity index (χ4n) is 2.03. The number of amides is 1. The standard InChI is InChI=1S/C12H19ClN6O/c1-4-5-15-10-16-9(13)17-11(18-10)19-7-6-14-8(20)12(19,2)3/h4-7H2,1-3H3,(H,14,20)(H,15,16,17,18). The predicted molar refractivity (Wildman–Crippen MR) is 78.1 cm³/mol. The van der Waals surface area contributed by atoms with E-state index < -0.39 is 5.54 Å². The van der Waals surface area contributed by atoms with Crippen molar-refractivity contribution in [3.8, 4) is 0 Å². The summed E-state index contributed by atoms with van der Waals surface area (Å²) in [6.07, 6.45) is 0.955. The van der Waals surface area contributed by atoms with E-state index in [1.54, 1.807) is 0 Å². The quantitative estimate of drug-likeness (QED) is 0.865. The molecule has 1 aliphatic rings. The van der Waals surface area contributed by atoms with Crippen LogP contribution in [0.25, 0.3) is 0 Å². The maximum Gasteiger partial charge on any atom is 0.245 e. The molecular weight excluding hydrogens is 280 g/mol. The lowest BCUT2D eigenvalue weighted by molar-refractivity contribution is -0.126. The molecule has 1 saturated heterocycles. The number of nitrogens with one attached hydrogen (secondary N) is 2. The molecule has 2 heterocycles. The summed E-state index contributed by atoms with van der Waals surface area (Å²) >= 11 is 5.95. The van der Waals surface area contributed by atoms with Crippen LogP contribution in [0.2, 0.25) is 5.28 Å². The van der Waals surface area contributed by atoms with E-state index in [1.165, 1.54) is 0 Å². The fourth-order valence-corrected chi connectivity index (χ4v) is 2.18. The summed E-state index contributed by atoms with van der Waals surface area (Å²) in [5.74, 6) is 0.801. The van der Waals surface area contributed by atoms with Gasteiger partial charge in [0.05, 0.1) is 0 Å². The van der Waals surface area contributed by atoms with Gasteiger partial charge in [0.1, 0.15) is 5.54 Å². The topological polar surface area (TPSA) is 83.0 Å². The Morgan fingerprint density at radius 3 is 2.85 bits per heavy atom. The van der Waals surface area contributed by atoms with Gasteiger partial charge in [-0.05, 0) is 31.9 Å². The lowest BCUT2D eigenvalue weighted by atomic mass is 10.00. The van der Waals surface area contributed by atoms with E-state index in [2.05, 4.69) is 32.5 Å². The first kappa shape index (κ1) is 14.8. The normalized spacial score (nSPS) is 17.8. The zero-order valence-electron chi connectivity index (χ0n) is 11.9. The van der Waals surface area contributed by atoms with E-state index in [1.807, 2.05) is 18.7 Å². The van der Waals surface area contributed by atoms with Crippen LogP contribution in [0.3, 0.4) is 0 Å². The first-order valence-corrected chi connectivity index (χ1v) is 7.04. The number of carbonyl (C=O) groups excluding carboxylic acids is 1. The van der Waals surface area contributed by atoms with Gasteiger partial charge in [-0.25, -0.2) is 0 Å². The van der Waals surface area contributed by atoms with Gasteiger partial charge >= 0.3 is 0 Å². The van der Waals surface area contributed by atoms with Crippen LogP contribution < -0.4 is 15.5 Å². The summed E-state index contributed by atoms with van der Waals surface area (Å²) in [6.45, 7) is 7.66. The zero-order chi connectivity index (χ0) is 14.8. The van der Waals surface area contributed by atoms with Crippen molar-refractivity contribution < 1.29 is 4.79 Å². The molecule has 8 heteroatoms.